The summed E-state index contributed by atoms with van der Waals surface area (Å²) in [5.74, 6) is 0. The predicted molar refractivity (Wildman–Crippen MR) is 82.9 cm³/mol. The van der Waals surface area contributed by atoms with Crippen molar-refractivity contribution >= 4 is 32.7 Å². The van der Waals surface area contributed by atoms with Crippen molar-refractivity contribution in [3.63, 3.8) is 0 Å². The smallest absolute Gasteiger partial charge is 0.0831 e. The van der Waals surface area contributed by atoms with Crippen LogP contribution in [0, 0.1) is 0 Å². The maximum Gasteiger partial charge on any atom is 0.0831 e. The number of hydrogen-bond acceptors (Lipinski definition) is 1. The summed E-state index contributed by atoms with van der Waals surface area (Å²) in [7, 11) is 0. The second-order valence-corrected chi connectivity index (χ2v) is 5.14. The van der Waals surface area contributed by atoms with Gasteiger partial charge >= 0.3 is 0 Å². The first-order chi connectivity index (χ1) is 9.83. The number of rotatable bonds is 2. The summed E-state index contributed by atoms with van der Waals surface area (Å²) in [6, 6.07) is 14.8. The summed E-state index contributed by atoms with van der Waals surface area (Å²) in [6.07, 6.45) is 0. The number of aliphatic hydroxyl groups excluding tert-OH is 1. The molecule has 0 saturated carbocycles. The van der Waals surface area contributed by atoms with Gasteiger partial charge in [-0.2, -0.15) is 0 Å². The first-order valence-electron chi connectivity index (χ1n) is 6.96. The number of aromatic nitrogens is 2. The van der Waals surface area contributed by atoms with E-state index in [9.17, 15) is 5.11 Å². The number of para-hydroxylation sites is 1. The van der Waals surface area contributed by atoms with Gasteiger partial charge in [-0.1, -0.05) is 24.3 Å². The van der Waals surface area contributed by atoms with Crippen molar-refractivity contribution < 1.29 is 5.11 Å². The molecule has 4 rings (SSSR count). The minimum absolute atomic E-state index is 0.0442. The number of nitrogens with one attached hydrogen (secondary N) is 1. The van der Waals surface area contributed by atoms with Crippen LogP contribution in [0.5, 0.6) is 0 Å². The Morgan fingerprint density at radius 3 is 2.75 bits per heavy atom. The molecule has 3 nitrogen and oxygen atoms in total. The van der Waals surface area contributed by atoms with Gasteiger partial charge in [-0.15, -0.1) is 0 Å². The lowest BCUT2D eigenvalue weighted by Crippen LogP contribution is -1.92. The minimum atomic E-state index is 0.0442. The molecule has 0 aliphatic rings. The van der Waals surface area contributed by atoms with E-state index in [1.165, 1.54) is 21.8 Å². The SMILES string of the molecule is CCn1c2ccccc2c2c3[nH]c(CO)cc3ccc21. The molecular formula is C17H16N2O. The first kappa shape index (κ1) is 11.6. The van der Waals surface area contributed by atoms with E-state index in [2.05, 4.69) is 52.9 Å². The van der Waals surface area contributed by atoms with E-state index < -0.39 is 0 Å². The average molecular weight is 264 g/mol. The molecule has 0 bridgehead atoms. The van der Waals surface area contributed by atoms with Crippen LogP contribution in [0.1, 0.15) is 12.6 Å². The summed E-state index contributed by atoms with van der Waals surface area (Å²) in [5, 5.41) is 13.0. The highest BCUT2D eigenvalue weighted by Crippen LogP contribution is 2.34. The molecule has 0 aliphatic heterocycles. The van der Waals surface area contributed by atoms with Crippen LogP contribution in [-0.2, 0) is 13.2 Å². The van der Waals surface area contributed by atoms with E-state index in [-0.39, 0.29) is 6.61 Å². The Labute approximate surface area is 116 Å². The van der Waals surface area contributed by atoms with E-state index in [0.717, 1.165) is 23.1 Å². The molecule has 0 aliphatic carbocycles. The van der Waals surface area contributed by atoms with Gasteiger partial charge in [0.25, 0.3) is 0 Å². The van der Waals surface area contributed by atoms with E-state index in [0.29, 0.717) is 0 Å². The van der Waals surface area contributed by atoms with Gasteiger partial charge in [0.05, 0.1) is 17.6 Å². The van der Waals surface area contributed by atoms with Crippen LogP contribution in [-0.4, -0.2) is 14.7 Å². The third kappa shape index (κ3) is 1.38. The zero-order valence-corrected chi connectivity index (χ0v) is 11.4. The van der Waals surface area contributed by atoms with Crippen LogP contribution in [0.3, 0.4) is 0 Å². The van der Waals surface area contributed by atoms with Crippen LogP contribution in [0.15, 0.2) is 42.5 Å². The van der Waals surface area contributed by atoms with Gasteiger partial charge in [0.2, 0.25) is 0 Å². The Balaban J connectivity index is 2.28. The van der Waals surface area contributed by atoms with Crippen LogP contribution in [0.4, 0.5) is 0 Å². The highest BCUT2D eigenvalue weighted by Gasteiger charge is 2.13. The third-order valence-corrected chi connectivity index (χ3v) is 4.07. The molecule has 2 aromatic carbocycles. The van der Waals surface area contributed by atoms with Crippen molar-refractivity contribution in [1.82, 2.24) is 9.55 Å². The van der Waals surface area contributed by atoms with Gasteiger partial charge in [0.15, 0.2) is 0 Å². The molecule has 0 fully saturated rings. The zero-order chi connectivity index (χ0) is 13.7. The number of nitrogens with zero attached hydrogens (tertiary/aromatic N) is 1. The molecule has 100 valence electrons. The molecule has 4 aromatic rings. The molecule has 0 amide bonds. The Morgan fingerprint density at radius 1 is 1.10 bits per heavy atom. The predicted octanol–water partition coefficient (Wildman–Crippen LogP) is 3.79. The fourth-order valence-electron chi connectivity index (χ4n) is 3.22. The largest absolute Gasteiger partial charge is 0.390 e. The summed E-state index contributed by atoms with van der Waals surface area (Å²) in [4.78, 5) is 3.35. The highest BCUT2D eigenvalue weighted by molar-refractivity contribution is 6.19. The van der Waals surface area contributed by atoms with E-state index in [1.54, 1.807) is 0 Å². The number of fused-ring (bicyclic) bond motifs is 5. The van der Waals surface area contributed by atoms with Gasteiger partial charge in [0.1, 0.15) is 0 Å². The Morgan fingerprint density at radius 2 is 1.95 bits per heavy atom. The van der Waals surface area contributed by atoms with E-state index in [4.69, 9.17) is 0 Å². The summed E-state index contributed by atoms with van der Waals surface area (Å²) >= 11 is 0. The van der Waals surface area contributed by atoms with Crippen molar-refractivity contribution in [3.05, 3.63) is 48.2 Å². The lowest BCUT2D eigenvalue weighted by atomic mass is 10.1. The molecule has 0 saturated heterocycles. The molecule has 0 spiro atoms. The zero-order valence-electron chi connectivity index (χ0n) is 11.4. The maximum atomic E-state index is 9.34. The van der Waals surface area contributed by atoms with Crippen molar-refractivity contribution in [1.29, 1.82) is 0 Å². The molecule has 20 heavy (non-hydrogen) atoms. The monoisotopic (exact) mass is 264 g/mol. The Bertz CT molecular complexity index is 930. The summed E-state index contributed by atoms with van der Waals surface area (Å²) < 4.78 is 2.34. The van der Waals surface area contributed by atoms with Crippen molar-refractivity contribution in [2.24, 2.45) is 0 Å². The van der Waals surface area contributed by atoms with Crippen LogP contribution in [0.2, 0.25) is 0 Å². The van der Waals surface area contributed by atoms with Crippen LogP contribution >= 0.6 is 0 Å². The highest BCUT2D eigenvalue weighted by atomic mass is 16.3. The van der Waals surface area contributed by atoms with Crippen molar-refractivity contribution in [2.45, 2.75) is 20.1 Å². The molecule has 0 unspecified atom stereocenters. The molecule has 0 atom stereocenters. The van der Waals surface area contributed by atoms with Gasteiger partial charge < -0.3 is 14.7 Å². The molecule has 2 N–H and O–H groups in total. The van der Waals surface area contributed by atoms with Gasteiger partial charge in [0, 0.05) is 33.9 Å². The van der Waals surface area contributed by atoms with E-state index >= 15 is 0 Å². The van der Waals surface area contributed by atoms with Crippen LogP contribution < -0.4 is 0 Å². The van der Waals surface area contributed by atoms with Crippen LogP contribution in [0.25, 0.3) is 32.7 Å². The number of hydrogen-bond donors (Lipinski definition) is 2. The number of aliphatic hydroxyl groups is 1. The molecule has 2 aromatic heterocycles. The fourth-order valence-corrected chi connectivity index (χ4v) is 3.22. The Kier molecular flexibility index (Phi) is 2.38. The van der Waals surface area contributed by atoms with Crippen molar-refractivity contribution in [3.8, 4) is 0 Å². The quantitative estimate of drug-likeness (QED) is 0.568. The number of benzene rings is 2. The topological polar surface area (TPSA) is 41.0 Å². The number of aromatic amines is 1. The third-order valence-electron chi connectivity index (χ3n) is 4.07. The summed E-state index contributed by atoms with van der Waals surface area (Å²) in [6.45, 7) is 3.16. The molecule has 3 heteroatoms. The lowest BCUT2D eigenvalue weighted by Gasteiger charge is -2.02. The maximum absolute atomic E-state index is 9.34. The van der Waals surface area contributed by atoms with Gasteiger partial charge in [-0.05, 0) is 25.1 Å². The average Bonchev–Trinajstić information content (AvgIpc) is 3.04. The molecule has 0 radical (unpaired) electrons. The lowest BCUT2D eigenvalue weighted by molar-refractivity contribution is 0.278. The van der Waals surface area contributed by atoms with Crippen molar-refractivity contribution in [2.75, 3.05) is 0 Å². The second-order valence-electron chi connectivity index (χ2n) is 5.14. The normalized spacial score (nSPS) is 11.9. The van der Waals surface area contributed by atoms with E-state index in [1.807, 2.05) is 6.07 Å². The Hall–Kier alpha value is -2.26. The molecular weight excluding hydrogens is 248 g/mol. The second kappa shape index (κ2) is 4.12. The first-order valence-corrected chi connectivity index (χ1v) is 6.96. The number of aryl methyl sites for hydroxylation is 1. The fraction of sp³-hybridized carbons (Fsp3) is 0.176. The van der Waals surface area contributed by atoms with Gasteiger partial charge in [-0.3, -0.25) is 0 Å². The number of H-pyrrole nitrogens is 1. The minimum Gasteiger partial charge on any atom is -0.390 e. The van der Waals surface area contributed by atoms with Gasteiger partial charge in [-0.25, -0.2) is 0 Å². The standard InChI is InChI=1S/C17H16N2O/c1-2-19-14-6-4-3-5-13(14)16-15(19)8-7-11-9-12(10-20)18-17(11)16/h3-9,18,20H,2,10H2,1H3. The molecule has 2 heterocycles. The summed E-state index contributed by atoms with van der Waals surface area (Å²) in [5.41, 5.74) is 4.49.